The molecule has 13 heteroatoms. The van der Waals surface area contributed by atoms with Crippen LogP contribution in [0.15, 0.2) is 53.8 Å². The lowest BCUT2D eigenvalue weighted by Crippen LogP contribution is -2.42. The molecule has 1 saturated heterocycles. The predicted molar refractivity (Wildman–Crippen MR) is 118 cm³/mol. The van der Waals surface area contributed by atoms with Crippen LogP contribution in [0.1, 0.15) is 24.1 Å². The molecule has 9 nitrogen and oxygen atoms in total. The van der Waals surface area contributed by atoms with Crippen LogP contribution in [0, 0.1) is 0 Å². The molecule has 1 atom stereocenters. The van der Waals surface area contributed by atoms with Crippen molar-refractivity contribution in [1.29, 1.82) is 0 Å². The third-order valence-electron chi connectivity index (χ3n) is 5.41. The van der Waals surface area contributed by atoms with Gasteiger partial charge in [-0.15, -0.1) is 5.10 Å². The summed E-state index contributed by atoms with van der Waals surface area (Å²) < 4.78 is 82.2. The van der Waals surface area contributed by atoms with E-state index in [1.807, 2.05) is 0 Å². The number of ether oxygens (including phenoxy) is 1. The summed E-state index contributed by atoms with van der Waals surface area (Å²) in [4.78, 5) is 4.26. The van der Waals surface area contributed by atoms with E-state index in [4.69, 9.17) is 4.74 Å². The van der Waals surface area contributed by atoms with Crippen molar-refractivity contribution in [1.82, 2.24) is 10.4 Å². The van der Waals surface area contributed by atoms with Gasteiger partial charge in [0.15, 0.2) is 0 Å². The highest BCUT2D eigenvalue weighted by molar-refractivity contribution is 7.94. The predicted octanol–water partition coefficient (Wildman–Crippen LogP) is 1.87. The number of alkyl halides is 2. The zero-order valence-electron chi connectivity index (χ0n) is 17.3. The molecule has 1 aromatic heterocycles. The average molecular weight is 501 g/mol. The van der Waals surface area contributed by atoms with Crippen molar-refractivity contribution in [3.63, 3.8) is 0 Å². The molecule has 0 radical (unpaired) electrons. The Bertz CT molecular complexity index is 1210. The molecule has 1 unspecified atom stereocenters. The minimum atomic E-state index is -3.88. The molecule has 2 aliphatic heterocycles. The lowest BCUT2D eigenvalue weighted by molar-refractivity contribution is 0.000580. The lowest BCUT2D eigenvalue weighted by Gasteiger charge is -2.31. The molecule has 33 heavy (non-hydrogen) atoms. The van der Waals surface area contributed by atoms with Crippen LogP contribution >= 0.6 is 0 Å². The quantitative estimate of drug-likeness (QED) is 0.617. The third-order valence-corrected chi connectivity index (χ3v) is 9.40. The summed E-state index contributed by atoms with van der Waals surface area (Å²) in [6.07, 6.45) is -2.84. The molecule has 0 bridgehead atoms. The Kier molecular flexibility index (Phi) is 6.52. The maximum absolute atomic E-state index is 13.5. The number of rotatable bonds is 7. The number of nitrogens with zero attached hydrogens (tertiary/aromatic N) is 3. The number of pyridine rings is 1. The second kappa shape index (κ2) is 9.21. The Morgan fingerprint density at radius 3 is 2.39 bits per heavy atom. The van der Waals surface area contributed by atoms with E-state index in [9.17, 15) is 25.6 Å². The van der Waals surface area contributed by atoms with E-state index in [1.54, 1.807) is 42.5 Å². The SMILES string of the molecule is O=S1(=O)CCC(S(=O)(=O)N(Cc2ccc(C3=NNC(C(F)F)O3)cn2)c2ccccc2)CC1. The standard InChI is InChI=1S/C20H22F2N4O5S2/c21-18(22)20-25-24-19(31-20)14-6-7-15(23-12-14)13-26(16-4-2-1-3-5-16)33(29,30)17-8-10-32(27,28)11-9-17/h1-7,12,17-18,20,25H,8-11,13H2. The number of sulfone groups is 1. The van der Waals surface area contributed by atoms with Crippen LogP contribution < -0.4 is 9.73 Å². The number of anilines is 1. The molecular weight excluding hydrogens is 478 g/mol. The highest BCUT2D eigenvalue weighted by atomic mass is 32.2. The average Bonchev–Trinajstić information content (AvgIpc) is 3.29. The van der Waals surface area contributed by atoms with Gasteiger partial charge < -0.3 is 4.74 Å². The number of para-hydroxylation sites is 1. The Hall–Kier alpha value is -2.80. The van der Waals surface area contributed by atoms with Crippen molar-refractivity contribution in [2.75, 3.05) is 15.8 Å². The fourth-order valence-corrected chi connectivity index (χ4v) is 7.30. The van der Waals surface area contributed by atoms with E-state index >= 15 is 0 Å². The number of halogens is 2. The summed E-state index contributed by atoms with van der Waals surface area (Å²) in [5, 5.41) is 2.91. The van der Waals surface area contributed by atoms with Gasteiger partial charge in [0.25, 0.3) is 6.43 Å². The van der Waals surface area contributed by atoms with Crippen molar-refractivity contribution in [2.24, 2.45) is 5.10 Å². The normalized spacial score (nSPS) is 20.7. The van der Waals surface area contributed by atoms with Gasteiger partial charge in [-0.05, 0) is 37.1 Å². The van der Waals surface area contributed by atoms with Gasteiger partial charge in [0.05, 0.1) is 40.2 Å². The first-order chi connectivity index (χ1) is 15.7. The Balaban J connectivity index is 1.56. The zero-order valence-corrected chi connectivity index (χ0v) is 19.0. The van der Waals surface area contributed by atoms with Crippen LogP contribution in [0.3, 0.4) is 0 Å². The summed E-state index contributed by atoms with van der Waals surface area (Å²) in [6, 6.07) is 11.6. The van der Waals surface area contributed by atoms with Gasteiger partial charge in [0, 0.05) is 6.20 Å². The van der Waals surface area contributed by atoms with Crippen molar-refractivity contribution >= 4 is 31.4 Å². The van der Waals surface area contributed by atoms with E-state index in [1.165, 1.54) is 10.5 Å². The van der Waals surface area contributed by atoms with E-state index in [2.05, 4.69) is 15.5 Å². The van der Waals surface area contributed by atoms with Gasteiger partial charge in [-0.1, -0.05) is 18.2 Å². The Morgan fingerprint density at radius 1 is 1.12 bits per heavy atom. The summed E-state index contributed by atoms with van der Waals surface area (Å²) in [5.74, 6) is -0.361. The van der Waals surface area contributed by atoms with Crippen LogP contribution in [0.5, 0.6) is 0 Å². The topological polar surface area (TPSA) is 118 Å². The fraction of sp³-hybridized carbons (Fsp3) is 0.400. The van der Waals surface area contributed by atoms with E-state index in [0.717, 1.165) is 0 Å². The highest BCUT2D eigenvalue weighted by Gasteiger charge is 2.37. The number of benzene rings is 1. The molecule has 0 aliphatic carbocycles. The lowest BCUT2D eigenvalue weighted by atomic mass is 10.2. The molecule has 2 aliphatic rings. The van der Waals surface area contributed by atoms with Gasteiger partial charge in [-0.25, -0.2) is 25.6 Å². The van der Waals surface area contributed by atoms with Crippen LogP contribution in [-0.2, 0) is 31.1 Å². The van der Waals surface area contributed by atoms with Crippen molar-refractivity contribution < 1.29 is 30.4 Å². The first-order valence-electron chi connectivity index (χ1n) is 10.2. The molecule has 178 valence electrons. The largest absolute Gasteiger partial charge is 0.444 e. The summed E-state index contributed by atoms with van der Waals surface area (Å²) in [6.45, 7) is -0.0822. The minimum Gasteiger partial charge on any atom is -0.444 e. The number of hydrogen-bond donors (Lipinski definition) is 1. The van der Waals surface area contributed by atoms with Gasteiger partial charge in [-0.2, -0.15) is 0 Å². The van der Waals surface area contributed by atoms with Crippen LogP contribution in [0.4, 0.5) is 14.5 Å². The molecule has 0 saturated carbocycles. The van der Waals surface area contributed by atoms with Crippen molar-refractivity contribution in [2.45, 2.75) is 37.3 Å². The number of nitrogens with one attached hydrogen (secondary N) is 1. The molecular formula is C20H22F2N4O5S2. The van der Waals surface area contributed by atoms with Crippen LogP contribution in [0.2, 0.25) is 0 Å². The molecule has 4 rings (SSSR count). The number of hydrogen-bond acceptors (Lipinski definition) is 8. The van der Waals surface area contributed by atoms with Crippen LogP contribution in [-0.4, -0.2) is 57.1 Å². The molecule has 0 amide bonds. The minimum absolute atomic E-state index is 0.0321. The van der Waals surface area contributed by atoms with E-state index in [0.29, 0.717) is 16.9 Å². The molecule has 1 N–H and O–H groups in total. The zero-order chi connectivity index (χ0) is 23.6. The van der Waals surface area contributed by atoms with Gasteiger partial charge in [0.1, 0.15) is 9.84 Å². The maximum Gasteiger partial charge on any atom is 0.294 e. The smallest absolute Gasteiger partial charge is 0.294 e. The second-order valence-corrected chi connectivity index (χ2v) is 12.1. The second-order valence-electron chi connectivity index (χ2n) is 7.70. The first kappa shape index (κ1) is 23.4. The van der Waals surface area contributed by atoms with Crippen LogP contribution in [0.25, 0.3) is 0 Å². The first-order valence-corrected chi connectivity index (χ1v) is 13.5. The molecule has 2 aromatic rings. The summed E-state index contributed by atoms with van der Waals surface area (Å²) in [5.41, 5.74) is 3.40. The number of sulfonamides is 1. The van der Waals surface area contributed by atoms with Crippen molar-refractivity contribution in [3.8, 4) is 0 Å². The Morgan fingerprint density at radius 2 is 1.82 bits per heavy atom. The number of hydrazone groups is 1. The number of aromatic nitrogens is 1. The maximum atomic E-state index is 13.5. The monoisotopic (exact) mass is 500 g/mol. The molecule has 3 heterocycles. The van der Waals surface area contributed by atoms with Crippen molar-refractivity contribution in [3.05, 3.63) is 59.9 Å². The van der Waals surface area contributed by atoms with Gasteiger partial charge >= 0.3 is 0 Å². The molecule has 1 aromatic carbocycles. The molecule has 1 fully saturated rings. The molecule has 0 spiro atoms. The van der Waals surface area contributed by atoms with E-state index in [-0.39, 0.29) is 36.8 Å². The summed E-state index contributed by atoms with van der Waals surface area (Å²) in [7, 11) is -7.10. The van der Waals surface area contributed by atoms with Gasteiger partial charge in [0.2, 0.25) is 22.1 Å². The fourth-order valence-electron chi connectivity index (χ4n) is 3.60. The third kappa shape index (κ3) is 5.24. The van der Waals surface area contributed by atoms with E-state index < -0.39 is 37.8 Å². The Labute approximate surface area is 190 Å². The highest BCUT2D eigenvalue weighted by Crippen LogP contribution is 2.28. The van der Waals surface area contributed by atoms with Gasteiger partial charge in [-0.3, -0.25) is 14.7 Å². The summed E-state index contributed by atoms with van der Waals surface area (Å²) >= 11 is 0.